The molecule has 2 N–H and O–H groups in total. The van der Waals surface area contributed by atoms with E-state index in [0.29, 0.717) is 11.4 Å². The zero-order valence-corrected chi connectivity index (χ0v) is 27.8. The number of hydrogen-bond donors (Lipinski definition) is 2. The van der Waals surface area contributed by atoms with E-state index >= 15 is 0 Å². The van der Waals surface area contributed by atoms with E-state index < -0.39 is 30.0 Å². The molecule has 0 aliphatic heterocycles. The van der Waals surface area contributed by atoms with Crippen molar-refractivity contribution in [2.75, 3.05) is 0 Å². The number of rotatable bonds is 8. The van der Waals surface area contributed by atoms with Gasteiger partial charge in [-0.25, -0.2) is 16.8 Å². The summed E-state index contributed by atoms with van der Waals surface area (Å²) in [4.78, 5) is -1.22. The van der Waals surface area contributed by atoms with E-state index in [1.807, 2.05) is 0 Å². The van der Waals surface area contributed by atoms with E-state index in [0.717, 1.165) is 24.3 Å². The quantitative estimate of drug-likeness (QED) is 0.117. The molecule has 0 saturated carbocycles. The topological polar surface area (TPSA) is 204 Å². The van der Waals surface area contributed by atoms with Crippen LogP contribution in [0.25, 0.3) is 12.2 Å². The Labute approximate surface area is 285 Å². The molecular formula is C26H18N4Na2O8S2. The van der Waals surface area contributed by atoms with Gasteiger partial charge in [-0.3, -0.25) is 0 Å². The number of phenols is 2. The third kappa shape index (κ3) is 9.91. The summed E-state index contributed by atoms with van der Waals surface area (Å²) < 4.78 is 71.1. The fourth-order valence-electron chi connectivity index (χ4n) is 3.36. The maximum Gasteiger partial charge on any atom is 1.00 e. The number of benzene rings is 4. The molecule has 0 heterocycles. The second kappa shape index (κ2) is 15.1. The van der Waals surface area contributed by atoms with Gasteiger partial charge in [-0.2, -0.15) is 20.5 Å². The fourth-order valence-corrected chi connectivity index (χ4v) is 4.66. The van der Waals surface area contributed by atoms with Crippen molar-refractivity contribution in [3.05, 3.63) is 96.1 Å². The Morgan fingerprint density at radius 2 is 0.786 bits per heavy atom. The summed E-state index contributed by atoms with van der Waals surface area (Å²) in [7, 11) is -9.90. The van der Waals surface area contributed by atoms with Crippen molar-refractivity contribution >= 4 is 55.1 Å². The molecule has 204 valence electrons. The molecule has 12 nitrogen and oxygen atoms in total. The Balaban J connectivity index is 0.00000308. The van der Waals surface area contributed by atoms with Gasteiger partial charge in [0.2, 0.25) is 0 Å². The summed E-state index contributed by atoms with van der Waals surface area (Å²) in [6.45, 7) is 0. The molecular weight excluding hydrogens is 606 g/mol. The molecule has 4 rings (SSSR count). The minimum atomic E-state index is -4.95. The number of phenolic OH excluding ortho intramolecular Hbond substituents is 2. The normalized spacial score (nSPS) is 12.0. The zero-order valence-electron chi connectivity index (χ0n) is 22.2. The van der Waals surface area contributed by atoms with Gasteiger partial charge < -0.3 is 19.3 Å². The van der Waals surface area contributed by atoms with Crippen LogP contribution in [0.2, 0.25) is 0 Å². The molecule has 16 heteroatoms. The molecule has 4 aromatic carbocycles. The largest absolute Gasteiger partial charge is 1.00 e. The molecule has 4 aromatic rings. The van der Waals surface area contributed by atoms with Gasteiger partial charge in [0.1, 0.15) is 31.7 Å². The predicted molar refractivity (Wildman–Crippen MR) is 142 cm³/mol. The van der Waals surface area contributed by atoms with E-state index in [1.165, 1.54) is 72.8 Å². The van der Waals surface area contributed by atoms with Crippen LogP contribution in [-0.2, 0) is 20.2 Å². The van der Waals surface area contributed by atoms with Gasteiger partial charge in [0.15, 0.2) is 0 Å². The molecule has 0 unspecified atom stereocenters. The van der Waals surface area contributed by atoms with E-state index in [9.17, 15) is 36.2 Å². The summed E-state index contributed by atoms with van der Waals surface area (Å²) in [5, 5.41) is 34.7. The van der Waals surface area contributed by atoms with E-state index in [1.54, 1.807) is 0 Å². The van der Waals surface area contributed by atoms with Crippen LogP contribution in [0.1, 0.15) is 11.1 Å². The Morgan fingerprint density at radius 1 is 0.500 bits per heavy atom. The summed E-state index contributed by atoms with van der Waals surface area (Å²) >= 11 is 0. The van der Waals surface area contributed by atoms with Crippen LogP contribution in [0.3, 0.4) is 0 Å². The number of azo groups is 2. The van der Waals surface area contributed by atoms with Crippen LogP contribution in [0, 0.1) is 0 Å². The van der Waals surface area contributed by atoms with Gasteiger partial charge in [0, 0.05) is 0 Å². The molecule has 0 aromatic heterocycles. The molecule has 0 spiro atoms. The Morgan fingerprint density at radius 3 is 1.10 bits per heavy atom. The number of nitrogens with zero attached hydrogens (tertiary/aromatic N) is 4. The molecule has 42 heavy (non-hydrogen) atoms. The molecule has 0 atom stereocenters. The molecule has 0 aliphatic carbocycles. The average Bonchev–Trinajstić information content (AvgIpc) is 2.90. The smallest absolute Gasteiger partial charge is 0.744 e. The zero-order chi connectivity index (χ0) is 28.9. The number of hydrogen-bond acceptors (Lipinski definition) is 12. The van der Waals surface area contributed by atoms with E-state index in [4.69, 9.17) is 0 Å². The SMILES string of the molecule is O=S(=O)([O-])c1ccc(N=Nc2ccc(O)cc2)cc1/C=C/c1cc(N=Nc2ccc(O)cc2)ccc1S(=O)(=O)[O-].[Na+].[Na+]. The minimum Gasteiger partial charge on any atom is -0.744 e. The fraction of sp³-hybridized carbons (Fsp3) is 0. The second-order valence-electron chi connectivity index (χ2n) is 8.12. The van der Waals surface area contributed by atoms with Gasteiger partial charge >= 0.3 is 59.1 Å². The maximum atomic E-state index is 11.9. The summed E-state index contributed by atoms with van der Waals surface area (Å²) in [6, 6.07) is 18.6. The molecule has 0 aliphatic rings. The summed E-state index contributed by atoms with van der Waals surface area (Å²) in [5.41, 5.74) is 0.824. The van der Waals surface area contributed by atoms with Gasteiger partial charge in [-0.15, -0.1) is 0 Å². The van der Waals surface area contributed by atoms with Crippen molar-refractivity contribution in [3.8, 4) is 11.5 Å². The Bertz CT molecular complexity index is 1730. The van der Waals surface area contributed by atoms with Gasteiger partial charge in [0.25, 0.3) is 0 Å². The van der Waals surface area contributed by atoms with Crippen molar-refractivity contribution in [1.82, 2.24) is 0 Å². The number of aromatic hydroxyl groups is 2. The Hall–Kier alpha value is -2.76. The third-order valence-corrected chi connectivity index (χ3v) is 7.05. The van der Waals surface area contributed by atoms with Crippen LogP contribution in [-0.4, -0.2) is 36.2 Å². The van der Waals surface area contributed by atoms with Gasteiger partial charge in [-0.05, 0) is 96.1 Å². The first-order chi connectivity index (χ1) is 18.9. The third-order valence-electron chi connectivity index (χ3n) is 5.23. The van der Waals surface area contributed by atoms with Crippen molar-refractivity contribution < 1.29 is 95.3 Å². The van der Waals surface area contributed by atoms with Crippen molar-refractivity contribution in [1.29, 1.82) is 0 Å². The monoisotopic (exact) mass is 624 g/mol. The first kappa shape index (κ1) is 35.4. The first-order valence-corrected chi connectivity index (χ1v) is 14.0. The summed E-state index contributed by atoms with van der Waals surface area (Å²) in [5.74, 6) is 0.0588. The standard InChI is InChI=1S/C26H20N4O8S2.2Na/c31-23-9-3-19(4-10-23)27-29-21-7-13-25(39(33,34)35)17(15-21)1-2-18-16-22(8-14-26(18)40(36,37)38)30-28-20-5-11-24(32)12-6-20;;/h1-16,31-32H,(H,33,34,35)(H,36,37,38);;/q;2*+1/p-2/b2-1+,29-27?,30-28?;;. The Kier molecular flexibility index (Phi) is 12.7. The molecule has 0 fully saturated rings. The van der Waals surface area contributed by atoms with E-state index in [2.05, 4.69) is 20.5 Å². The first-order valence-electron chi connectivity index (χ1n) is 11.2. The van der Waals surface area contributed by atoms with Crippen LogP contribution in [0.5, 0.6) is 11.5 Å². The van der Waals surface area contributed by atoms with Crippen LogP contribution in [0.4, 0.5) is 22.7 Å². The van der Waals surface area contributed by atoms with Crippen LogP contribution < -0.4 is 59.1 Å². The van der Waals surface area contributed by atoms with Gasteiger partial charge in [-0.1, -0.05) is 12.2 Å². The molecule has 0 bridgehead atoms. The summed E-state index contributed by atoms with van der Waals surface area (Å²) in [6.07, 6.45) is 2.30. The van der Waals surface area contributed by atoms with Crippen molar-refractivity contribution in [2.45, 2.75) is 9.79 Å². The van der Waals surface area contributed by atoms with Crippen LogP contribution in [0.15, 0.2) is 115 Å². The van der Waals surface area contributed by atoms with Crippen molar-refractivity contribution in [3.63, 3.8) is 0 Å². The maximum absolute atomic E-state index is 11.9. The van der Waals surface area contributed by atoms with Crippen molar-refractivity contribution in [2.24, 2.45) is 20.5 Å². The van der Waals surface area contributed by atoms with Crippen LogP contribution >= 0.6 is 0 Å². The molecule has 0 amide bonds. The molecule has 0 radical (unpaired) electrons. The molecule has 0 saturated heterocycles. The second-order valence-corrected chi connectivity index (χ2v) is 10.8. The minimum absolute atomic E-state index is 0. The van der Waals surface area contributed by atoms with Gasteiger partial charge in [0.05, 0.1) is 32.5 Å². The predicted octanol–water partition coefficient (Wildman–Crippen LogP) is -0.0848. The van der Waals surface area contributed by atoms with E-state index in [-0.39, 0.29) is 93.1 Å². The average molecular weight is 625 g/mol.